The summed E-state index contributed by atoms with van der Waals surface area (Å²) in [7, 11) is 0. The van der Waals surface area contributed by atoms with Crippen LogP contribution in [0.25, 0.3) is 0 Å². The lowest BCUT2D eigenvalue weighted by Gasteiger charge is -2.27. The van der Waals surface area contributed by atoms with Gasteiger partial charge in [-0.15, -0.1) is 0 Å². The fourth-order valence-corrected chi connectivity index (χ4v) is 2.53. The van der Waals surface area contributed by atoms with Crippen LogP contribution < -0.4 is 14.9 Å². The van der Waals surface area contributed by atoms with Gasteiger partial charge in [0.05, 0.1) is 6.21 Å². The van der Waals surface area contributed by atoms with Crippen molar-refractivity contribution < 1.29 is 24.5 Å². The van der Waals surface area contributed by atoms with Crippen LogP contribution in [0.15, 0.2) is 41.5 Å². The van der Waals surface area contributed by atoms with Crippen LogP contribution in [0.3, 0.4) is 0 Å². The smallest absolute Gasteiger partial charge is 0.284 e. The molecule has 1 aliphatic rings. The van der Waals surface area contributed by atoms with Gasteiger partial charge < -0.3 is 19.7 Å². The summed E-state index contributed by atoms with van der Waals surface area (Å²) in [6.45, 7) is 6.37. The second-order valence-electron chi connectivity index (χ2n) is 7.31. The molecule has 2 aromatic rings. The van der Waals surface area contributed by atoms with Crippen molar-refractivity contribution >= 4 is 12.1 Å². The highest BCUT2D eigenvalue weighted by molar-refractivity contribution is 5.85. The first-order chi connectivity index (χ1) is 12.7. The van der Waals surface area contributed by atoms with E-state index >= 15 is 0 Å². The number of hydrogen-bond acceptors (Lipinski definition) is 6. The molecule has 0 radical (unpaired) electrons. The molecule has 0 spiro atoms. The number of nitrogens with one attached hydrogen (secondary N) is 1. The summed E-state index contributed by atoms with van der Waals surface area (Å²) < 4.78 is 11.4. The number of benzene rings is 2. The minimum absolute atomic E-state index is 0.0481. The molecule has 0 fully saturated rings. The van der Waals surface area contributed by atoms with Crippen LogP contribution in [0.2, 0.25) is 0 Å². The predicted molar refractivity (Wildman–Crippen MR) is 101 cm³/mol. The third-order valence-corrected chi connectivity index (χ3v) is 4.15. The topological polar surface area (TPSA) is 100 Å². The van der Waals surface area contributed by atoms with Crippen LogP contribution in [0.5, 0.6) is 23.0 Å². The zero-order valence-electron chi connectivity index (χ0n) is 15.4. The molecule has 7 nitrogen and oxygen atoms in total. The van der Waals surface area contributed by atoms with Crippen molar-refractivity contribution in [3.05, 3.63) is 47.5 Å². The normalized spacial score (nSPS) is 16.3. The van der Waals surface area contributed by atoms with E-state index in [-0.39, 0.29) is 23.5 Å². The Morgan fingerprint density at radius 1 is 1.15 bits per heavy atom. The minimum atomic E-state index is -0.821. The minimum Gasteiger partial charge on any atom is -0.504 e. The van der Waals surface area contributed by atoms with E-state index in [1.54, 1.807) is 6.07 Å². The van der Waals surface area contributed by atoms with E-state index in [2.05, 4.69) is 31.3 Å². The molecular weight excluding hydrogens is 348 g/mol. The Morgan fingerprint density at radius 3 is 2.63 bits per heavy atom. The number of hydrogen-bond donors (Lipinski definition) is 3. The molecule has 2 aromatic carbocycles. The first-order valence-electron chi connectivity index (χ1n) is 8.53. The molecule has 0 bridgehead atoms. The SMILES string of the molecule is CC(C)(C)c1ccc2c(c1)O[C@H](C(=O)N/N=C/c1ccc(O)c(O)c1)CO2. The Hall–Kier alpha value is -3.22. The quantitative estimate of drug-likeness (QED) is 0.438. The van der Waals surface area contributed by atoms with Crippen molar-refractivity contribution in [1.82, 2.24) is 5.43 Å². The Morgan fingerprint density at radius 2 is 1.93 bits per heavy atom. The number of phenols is 2. The third kappa shape index (κ3) is 4.31. The highest BCUT2D eigenvalue weighted by atomic mass is 16.6. The summed E-state index contributed by atoms with van der Waals surface area (Å²) in [6, 6.07) is 9.93. The van der Waals surface area contributed by atoms with Gasteiger partial charge in [-0.2, -0.15) is 5.10 Å². The van der Waals surface area contributed by atoms with Crippen LogP contribution in [0.1, 0.15) is 31.9 Å². The highest BCUT2D eigenvalue weighted by Crippen LogP contribution is 2.36. The maximum absolute atomic E-state index is 12.3. The number of phenolic OH excluding ortho intramolecular Hbond substituents is 2. The molecule has 0 saturated heterocycles. The molecule has 1 atom stereocenters. The zero-order valence-corrected chi connectivity index (χ0v) is 15.4. The van der Waals surface area contributed by atoms with Gasteiger partial charge in [0.25, 0.3) is 5.91 Å². The van der Waals surface area contributed by atoms with Crippen LogP contribution >= 0.6 is 0 Å². The standard InChI is InChI=1S/C20H22N2O5/c1-20(2,3)13-5-7-16-17(9-13)27-18(11-26-16)19(25)22-21-10-12-4-6-14(23)15(24)8-12/h4-10,18,23-24H,11H2,1-3H3,(H,22,25)/b21-10+/t18-/m0/s1. The van der Waals surface area contributed by atoms with Gasteiger partial charge >= 0.3 is 0 Å². The molecule has 1 amide bonds. The maximum Gasteiger partial charge on any atom is 0.284 e. The molecule has 1 aliphatic heterocycles. The van der Waals surface area contributed by atoms with Gasteiger partial charge in [-0.1, -0.05) is 26.8 Å². The fraction of sp³-hybridized carbons (Fsp3) is 0.300. The van der Waals surface area contributed by atoms with Crippen molar-refractivity contribution in [2.45, 2.75) is 32.3 Å². The lowest BCUT2D eigenvalue weighted by molar-refractivity contribution is -0.130. The fourth-order valence-electron chi connectivity index (χ4n) is 2.53. The van der Waals surface area contributed by atoms with E-state index in [0.29, 0.717) is 17.1 Å². The van der Waals surface area contributed by atoms with Gasteiger partial charge in [0.1, 0.15) is 6.61 Å². The maximum atomic E-state index is 12.3. The highest BCUT2D eigenvalue weighted by Gasteiger charge is 2.28. The van der Waals surface area contributed by atoms with Gasteiger partial charge in [0, 0.05) is 0 Å². The first kappa shape index (κ1) is 18.6. The van der Waals surface area contributed by atoms with Gasteiger partial charge in [0.15, 0.2) is 23.0 Å². The average molecular weight is 370 g/mol. The second-order valence-corrected chi connectivity index (χ2v) is 7.31. The van der Waals surface area contributed by atoms with E-state index in [9.17, 15) is 15.0 Å². The number of amides is 1. The molecular formula is C20H22N2O5. The summed E-state index contributed by atoms with van der Waals surface area (Å²) in [4.78, 5) is 12.3. The first-order valence-corrected chi connectivity index (χ1v) is 8.53. The molecule has 0 aromatic heterocycles. The van der Waals surface area contributed by atoms with Crippen molar-refractivity contribution in [2.24, 2.45) is 5.10 Å². The number of ether oxygens (including phenoxy) is 2. The van der Waals surface area contributed by atoms with Gasteiger partial charge in [0.2, 0.25) is 6.10 Å². The van der Waals surface area contributed by atoms with Crippen LogP contribution in [0.4, 0.5) is 0 Å². The van der Waals surface area contributed by atoms with E-state index in [0.717, 1.165) is 5.56 Å². The van der Waals surface area contributed by atoms with E-state index in [4.69, 9.17) is 9.47 Å². The summed E-state index contributed by atoms with van der Waals surface area (Å²) in [5, 5.41) is 22.6. The van der Waals surface area contributed by atoms with Gasteiger partial charge in [-0.3, -0.25) is 4.79 Å². The van der Waals surface area contributed by atoms with Crippen LogP contribution in [0, 0.1) is 0 Å². The Balaban J connectivity index is 1.65. The average Bonchev–Trinajstić information content (AvgIpc) is 2.63. The van der Waals surface area contributed by atoms with Gasteiger partial charge in [-0.25, -0.2) is 5.43 Å². The van der Waals surface area contributed by atoms with Gasteiger partial charge in [-0.05, 0) is 46.9 Å². The molecule has 0 unspecified atom stereocenters. The number of rotatable bonds is 3. The molecule has 7 heteroatoms. The largest absolute Gasteiger partial charge is 0.504 e. The third-order valence-electron chi connectivity index (χ3n) is 4.15. The Kier molecular flexibility index (Phi) is 4.94. The zero-order chi connectivity index (χ0) is 19.6. The van der Waals surface area contributed by atoms with E-state index in [1.807, 2.05) is 18.2 Å². The summed E-state index contributed by atoms with van der Waals surface area (Å²) >= 11 is 0. The Bertz CT molecular complexity index is 886. The number of carbonyl (C=O) groups is 1. The molecule has 0 aliphatic carbocycles. The van der Waals surface area contributed by atoms with Crippen molar-refractivity contribution in [3.63, 3.8) is 0 Å². The molecule has 0 saturated carbocycles. The number of fused-ring (bicyclic) bond motifs is 1. The molecule has 142 valence electrons. The van der Waals surface area contributed by atoms with Crippen molar-refractivity contribution in [3.8, 4) is 23.0 Å². The lowest BCUT2D eigenvalue weighted by atomic mass is 9.87. The summed E-state index contributed by atoms with van der Waals surface area (Å²) in [5.74, 6) is 0.204. The Labute approximate surface area is 157 Å². The predicted octanol–water partition coefficient (Wildman–Crippen LogP) is 2.69. The number of carbonyl (C=O) groups excluding carboxylic acids is 1. The van der Waals surface area contributed by atoms with Crippen LogP contribution in [-0.4, -0.2) is 35.0 Å². The van der Waals surface area contributed by atoms with Crippen LogP contribution in [-0.2, 0) is 10.2 Å². The number of aromatic hydroxyl groups is 2. The summed E-state index contributed by atoms with van der Waals surface area (Å²) in [6.07, 6.45) is 0.532. The molecule has 3 N–H and O–H groups in total. The molecule has 27 heavy (non-hydrogen) atoms. The van der Waals surface area contributed by atoms with E-state index < -0.39 is 12.0 Å². The number of nitrogens with zero attached hydrogens (tertiary/aromatic N) is 1. The van der Waals surface area contributed by atoms with Crippen molar-refractivity contribution in [1.29, 1.82) is 0 Å². The van der Waals surface area contributed by atoms with E-state index in [1.165, 1.54) is 18.3 Å². The molecule has 1 heterocycles. The van der Waals surface area contributed by atoms with Crippen molar-refractivity contribution in [2.75, 3.05) is 6.61 Å². The summed E-state index contributed by atoms with van der Waals surface area (Å²) in [5.41, 5.74) is 3.94. The second kappa shape index (κ2) is 7.19. The molecule has 3 rings (SSSR count). The lowest BCUT2D eigenvalue weighted by Crippen LogP contribution is -2.42. The number of hydrazone groups is 1. The monoisotopic (exact) mass is 370 g/mol.